The van der Waals surface area contributed by atoms with Gasteiger partial charge in [-0.05, 0) is 38.0 Å². The Morgan fingerprint density at radius 1 is 1.46 bits per heavy atom. The summed E-state index contributed by atoms with van der Waals surface area (Å²) in [4.78, 5) is 0. The Labute approximate surface area is 82.9 Å². The van der Waals surface area contributed by atoms with Gasteiger partial charge in [0.25, 0.3) is 0 Å². The van der Waals surface area contributed by atoms with E-state index in [0.29, 0.717) is 17.6 Å². The molecule has 2 unspecified atom stereocenters. The minimum absolute atomic E-state index is 0.443. The van der Waals surface area contributed by atoms with E-state index in [-0.39, 0.29) is 0 Å². The van der Waals surface area contributed by atoms with Gasteiger partial charge in [-0.15, -0.1) is 0 Å². The van der Waals surface area contributed by atoms with Gasteiger partial charge in [0, 0.05) is 0 Å². The van der Waals surface area contributed by atoms with Gasteiger partial charge in [0.05, 0.1) is 12.2 Å². The molecule has 78 valence electrons. The quantitative estimate of drug-likeness (QED) is 0.648. The molecular weight excluding hydrogens is 160 g/mol. The molecule has 0 aromatic heterocycles. The van der Waals surface area contributed by atoms with E-state index in [2.05, 4.69) is 27.7 Å². The van der Waals surface area contributed by atoms with Crippen LogP contribution in [0.15, 0.2) is 0 Å². The van der Waals surface area contributed by atoms with Gasteiger partial charge in [-0.1, -0.05) is 27.2 Å². The van der Waals surface area contributed by atoms with Gasteiger partial charge in [0.2, 0.25) is 0 Å². The van der Waals surface area contributed by atoms with E-state index >= 15 is 0 Å². The molecule has 1 heteroatoms. The third-order valence-corrected chi connectivity index (χ3v) is 3.16. The number of hydrogen-bond acceptors (Lipinski definition) is 1. The monoisotopic (exact) mass is 184 g/mol. The van der Waals surface area contributed by atoms with Crippen molar-refractivity contribution in [1.29, 1.82) is 0 Å². The molecule has 1 saturated carbocycles. The van der Waals surface area contributed by atoms with Crippen molar-refractivity contribution >= 4 is 0 Å². The first-order valence-corrected chi connectivity index (χ1v) is 5.69. The second-order valence-corrected chi connectivity index (χ2v) is 5.24. The molecule has 0 aliphatic heterocycles. The summed E-state index contributed by atoms with van der Waals surface area (Å²) in [6, 6.07) is 0. The minimum Gasteiger partial charge on any atom is -0.375 e. The average molecular weight is 184 g/mol. The summed E-state index contributed by atoms with van der Waals surface area (Å²) in [5.41, 5.74) is 0.510. The van der Waals surface area contributed by atoms with Crippen LogP contribution in [0.25, 0.3) is 0 Å². The van der Waals surface area contributed by atoms with Gasteiger partial charge in [-0.2, -0.15) is 0 Å². The van der Waals surface area contributed by atoms with Crippen LogP contribution in [-0.2, 0) is 4.74 Å². The van der Waals surface area contributed by atoms with Crippen molar-refractivity contribution < 1.29 is 4.74 Å². The van der Waals surface area contributed by atoms with Gasteiger partial charge >= 0.3 is 0 Å². The molecule has 0 heterocycles. The Morgan fingerprint density at radius 2 is 2.15 bits per heavy atom. The van der Waals surface area contributed by atoms with E-state index in [1.54, 1.807) is 0 Å². The van der Waals surface area contributed by atoms with E-state index in [9.17, 15) is 0 Å². The molecular formula is C12H24O. The highest BCUT2D eigenvalue weighted by Crippen LogP contribution is 2.36. The van der Waals surface area contributed by atoms with Crippen molar-refractivity contribution in [3.8, 4) is 0 Å². The largest absolute Gasteiger partial charge is 0.375 e. The van der Waals surface area contributed by atoms with Crippen LogP contribution in [0.1, 0.15) is 59.8 Å². The highest BCUT2D eigenvalue weighted by atomic mass is 16.5. The van der Waals surface area contributed by atoms with Gasteiger partial charge in [-0.25, -0.2) is 0 Å². The molecule has 0 spiro atoms. The Hall–Kier alpha value is -0.0400. The lowest BCUT2D eigenvalue weighted by Crippen LogP contribution is -2.30. The molecule has 0 radical (unpaired) electrons. The summed E-state index contributed by atoms with van der Waals surface area (Å²) in [6.45, 7) is 9.10. The van der Waals surface area contributed by atoms with Crippen molar-refractivity contribution in [2.45, 2.75) is 72.0 Å². The first-order valence-electron chi connectivity index (χ1n) is 5.69. The Balaban J connectivity index is 2.34. The summed E-state index contributed by atoms with van der Waals surface area (Å²) in [7, 11) is 0. The van der Waals surface area contributed by atoms with E-state index in [1.165, 1.54) is 25.7 Å². The lowest BCUT2D eigenvalue weighted by molar-refractivity contribution is -0.0468. The number of ether oxygens (including phenoxy) is 1. The van der Waals surface area contributed by atoms with E-state index in [4.69, 9.17) is 4.74 Å². The highest BCUT2D eigenvalue weighted by Gasteiger charge is 2.28. The zero-order valence-electron chi connectivity index (χ0n) is 9.60. The molecule has 0 aromatic carbocycles. The first kappa shape index (κ1) is 11.0. The van der Waals surface area contributed by atoms with Crippen molar-refractivity contribution in [3.05, 3.63) is 0 Å². The maximum atomic E-state index is 5.98. The van der Waals surface area contributed by atoms with Crippen LogP contribution in [0, 0.1) is 5.41 Å². The summed E-state index contributed by atoms with van der Waals surface area (Å²) in [5.74, 6) is 0. The zero-order valence-corrected chi connectivity index (χ0v) is 9.60. The van der Waals surface area contributed by atoms with Crippen LogP contribution in [0.3, 0.4) is 0 Å². The molecule has 0 aromatic rings. The van der Waals surface area contributed by atoms with Crippen LogP contribution >= 0.6 is 0 Å². The van der Waals surface area contributed by atoms with Crippen LogP contribution in [0.5, 0.6) is 0 Å². The summed E-state index contributed by atoms with van der Waals surface area (Å²) in [6.07, 6.45) is 7.33. The fraction of sp³-hybridized carbons (Fsp3) is 1.00. The lowest BCUT2D eigenvalue weighted by atomic mass is 9.76. The zero-order chi connectivity index (χ0) is 9.90. The third-order valence-electron chi connectivity index (χ3n) is 3.16. The molecule has 1 fully saturated rings. The van der Waals surface area contributed by atoms with Crippen molar-refractivity contribution in [3.63, 3.8) is 0 Å². The van der Waals surface area contributed by atoms with Crippen LogP contribution in [-0.4, -0.2) is 12.2 Å². The predicted octanol–water partition coefficient (Wildman–Crippen LogP) is 3.77. The van der Waals surface area contributed by atoms with Crippen LogP contribution in [0.4, 0.5) is 0 Å². The van der Waals surface area contributed by atoms with Crippen LogP contribution < -0.4 is 0 Å². The van der Waals surface area contributed by atoms with Gasteiger partial charge in [0.1, 0.15) is 0 Å². The van der Waals surface area contributed by atoms with Gasteiger partial charge in [0.15, 0.2) is 0 Å². The Bertz CT molecular complexity index is 151. The maximum absolute atomic E-state index is 5.98. The molecule has 0 amide bonds. The molecule has 1 aliphatic rings. The maximum Gasteiger partial charge on any atom is 0.0583 e. The van der Waals surface area contributed by atoms with E-state index in [0.717, 1.165) is 6.42 Å². The third kappa shape index (κ3) is 3.68. The van der Waals surface area contributed by atoms with Crippen molar-refractivity contribution in [2.24, 2.45) is 5.41 Å². The second kappa shape index (κ2) is 4.45. The fourth-order valence-corrected chi connectivity index (χ4v) is 2.17. The molecule has 1 aliphatic carbocycles. The number of hydrogen-bond donors (Lipinski definition) is 0. The second-order valence-electron chi connectivity index (χ2n) is 5.24. The first-order chi connectivity index (χ1) is 6.03. The van der Waals surface area contributed by atoms with Gasteiger partial charge in [-0.3, -0.25) is 0 Å². The summed E-state index contributed by atoms with van der Waals surface area (Å²) < 4.78 is 5.98. The molecule has 2 atom stereocenters. The van der Waals surface area contributed by atoms with E-state index in [1.807, 2.05) is 0 Å². The van der Waals surface area contributed by atoms with Gasteiger partial charge < -0.3 is 4.74 Å². The normalized spacial score (nSPS) is 30.0. The van der Waals surface area contributed by atoms with Crippen LogP contribution in [0.2, 0.25) is 0 Å². The van der Waals surface area contributed by atoms with E-state index < -0.39 is 0 Å². The summed E-state index contributed by atoms with van der Waals surface area (Å²) >= 11 is 0. The predicted molar refractivity (Wildman–Crippen MR) is 56.9 cm³/mol. The highest BCUT2D eigenvalue weighted by molar-refractivity contribution is 4.80. The Morgan fingerprint density at radius 3 is 2.69 bits per heavy atom. The lowest BCUT2D eigenvalue weighted by Gasteiger charge is -2.36. The SMILES string of the molecule is CCC(C)OC1CCCC(C)(C)C1. The van der Waals surface area contributed by atoms with Crippen molar-refractivity contribution in [2.75, 3.05) is 0 Å². The molecule has 13 heavy (non-hydrogen) atoms. The Kier molecular flexibility index (Phi) is 3.78. The molecule has 1 nitrogen and oxygen atoms in total. The molecule has 0 bridgehead atoms. The van der Waals surface area contributed by atoms with Crippen molar-refractivity contribution in [1.82, 2.24) is 0 Å². The molecule has 0 N–H and O–H groups in total. The fourth-order valence-electron chi connectivity index (χ4n) is 2.17. The standard InChI is InChI=1S/C12H24O/c1-5-10(2)13-11-7-6-8-12(3,4)9-11/h10-11H,5-9H2,1-4H3. The topological polar surface area (TPSA) is 9.23 Å². The summed E-state index contributed by atoms with van der Waals surface area (Å²) in [5, 5.41) is 0. The number of rotatable bonds is 3. The molecule has 1 rings (SSSR count). The smallest absolute Gasteiger partial charge is 0.0583 e. The average Bonchev–Trinajstić information content (AvgIpc) is 2.02. The minimum atomic E-state index is 0.443. The molecule has 0 saturated heterocycles.